The molecule has 0 radical (unpaired) electrons. The molecule has 0 amide bonds. The number of hydrogen-bond donors (Lipinski definition) is 2. The number of carbonyl (C=O) groups excluding carboxylic acids is 2. The van der Waals surface area contributed by atoms with Gasteiger partial charge in [0.15, 0.2) is 11.9 Å². The first kappa shape index (κ1) is 17.1. The fraction of sp³-hybridized carbons (Fsp3) is 0.857. The van der Waals surface area contributed by atoms with Gasteiger partial charge < -0.3 is 29.4 Å². The molecule has 2 N–H and O–H groups in total. The predicted octanol–water partition coefficient (Wildman–Crippen LogP) is -0.666. The van der Waals surface area contributed by atoms with Crippen molar-refractivity contribution in [2.75, 3.05) is 14.2 Å². The average molecular weight is 317 g/mol. The van der Waals surface area contributed by atoms with Crippen molar-refractivity contribution in [3.8, 4) is 0 Å². The molecule has 2 heterocycles. The minimum absolute atomic E-state index is 0.116. The molecule has 22 heavy (non-hydrogen) atoms. The van der Waals surface area contributed by atoms with Gasteiger partial charge in [0.05, 0.1) is 20.6 Å². The van der Waals surface area contributed by atoms with E-state index in [2.05, 4.69) is 14.8 Å². The number of esters is 2. The van der Waals surface area contributed by atoms with Crippen LogP contribution in [0.3, 0.4) is 0 Å². The van der Waals surface area contributed by atoms with E-state index in [4.69, 9.17) is 9.47 Å². The standard InChI is InChI=1S/C14H23NO7/c1-14(2)21-11-7(5-9(16)13(18)20-4)15-8(12(11)22-14)6-10(17)19-3/h7-9,11-12,15-16H,5-6H2,1-4H3/t7-,8+,9+,11-,12+/m1/s1. The largest absolute Gasteiger partial charge is 0.469 e. The normalized spacial score (nSPS) is 34.0. The van der Waals surface area contributed by atoms with Crippen molar-refractivity contribution < 1.29 is 33.6 Å². The van der Waals surface area contributed by atoms with Crippen LogP contribution in [0, 0.1) is 0 Å². The molecule has 0 bridgehead atoms. The first-order valence-electron chi connectivity index (χ1n) is 7.22. The lowest BCUT2D eigenvalue weighted by atomic mass is 10.0. The predicted molar refractivity (Wildman–Crippen MR) is 73.8 cm³/mol. The zero-order valence-corrected chi connectivity index (χ0v) is 13.2. The van der Waals surface area contributed by atoms with E-state index in [0.717, 1.165) is 0 Å². The Hall–Kier alpha value is -1.22. The molecule has 2 rings (SSSR count). The van der Waals surface area contributed by atoms with Gasteiger partial charge in [-0.25, -0.2) is 4.79 Å². The molecule has 0 saturated carbocycles. The number of ether oxygens (including phenoxy) is 4. The molecule has 8 nitrogen and oxygen atoms in total. The van der Waals surface area contributed by atoms with Gasteiger partial charge in [-0.15, -0.1) is 0 Å². The van der Waals surface area contributed by atoms with E-state index in [1.54, 1.807) is 13.8 Å². The van der Waals surface area contributed by atoms with E-state index >= 15 is 0 Å². The molecule has 2 aliphatic heterocycles. The second kappa shape index (κ2) is 6.49. The lowest BCUT2D eigenvalue weighted by Gasteiger charge is -2.25. The molecule has 0 spiro atoms. The summed E-state index contributed by atoms with van der Waals surface area (Å²) in [6.45, 7) is 3.57. The Kier molecular flexibility index (Phi) is 5.06. The van der Waals surface area contributed by atoms with Crippen LogP contribution < -0.4 is 5.32 Å². The second-order valence-electron chi connectivity index (χ2n) is 6.00. The molecule has 2 saturated heterocycles. The summed E-state index contributed by atoms with van der Waals surface area (Å²) < 4.78 is 20.9. The fourth-order valence-electron chi connectivity index (χ4n) is 3.02. The van der Waals surface area contributed by atoms with Crippen molar-refractivity contribution in [3.05, 3.63) is 0 Å². The lowest BCUT2D eigenvalue weighted by Crippen LogP contribution is -2.42. The summed E-state index contributed by atoms with van der Waals surface area (Å²) in [7, 11) is 2.54. The van der Waals surface area contributed by atoms with Crippen LogP contribution >= 0.6 is 0 Å². The monoisotopic (exact) mass is 317 g/mol. The summed E-state index contributed by atoms with van der Waals surface area (Å²) in [5, 5.41) is 13.0. The summed E-state index contributed by atoms with van der Waals surface area (Å²) >= 11 is 0. The maximum absolute atomic E-state index is 11.5. The number of rotatable bonds is 5. The summed E-state index contributed by atoms with van der Waals surface area (Å²) in [4.78, 5) is 22.9. The zero-order chi connectivity index (χ0) is 16.5. The van der Waals surface area contributed by atoms with Crippen molar-refractivity contribution in [3.63, 3.8) is 0 Å². The van der Waals surface area contributed by atoms with E-state index in [-0.39, 0.29) is 43.1 Å². The molecule has 0 aromatic heterocycles. The van der Waals surface area contributed by atoms with E-state index in [9.17, 15) is 14.7 Å². The summed E-state index contributed by atoms with van der Waals surface area (Å²) in [6, 6.07) is -0.621. The van der Waals surface area contributed by atoms with Crippen molar-refractivity contribution in [2.45, 2.75) is 62.9 Å². The van der Waals surface area contributed by atoms with Crippen molar-refractivity contribution in [1.82, 2.24) is 5.32 Å². The Balaban J connectivity index is 2.08. The summed E-state index contributed by atoms with van der Waals surface area (Å²) in [5.41, 5.74) is 0. The van der Waals surface area contributed by atoms with Crippen molar-refractivity contribution in [2.24, 2.45) is 0 Å². The molecular formula is C14H23NO7. The Morgan fingerprint density at radius 2 is 1.77 bits per heavy atom. The number of aliphatic hydroxyl groups excluding tert-OH is 1. The molecule has 0 aromatic carbocycles. The minimum Gasteiger partial charge on any atom is -0.469 e. The van der Waals surface area contributed by atoms with Gasteiger partial charge in [-0.05, 0) is 13.8 Å². The van der Waals surface area contributed by atoms with Crippen LogP contribution in [0.2, 0.25) is 0 Å². The van der Waals surface area contributed by atoms with E-state index in [1.807, 2.05) is 0 Å². The van der Waals surface area contributed by atoms with Crippen LogP contribution in [0.15, 0.2) is 0 Å². The molecular weight excluding hydrogens is 294 g/mol. The number of methoxy groups -OCH3 is 2. The third kappa shape index (κ3) is 3.57. The Labute approximate surface area is 129 Å². The molecule has 0 aromatic rings. The highest BCUT2D eigenvalue weighted by atomic mass is 16.8. The lowest BCUT2D eigenvalue weighted by molar-refractivity contribution is -0.162. The van der Waals surface area contributed by atoms with Crippen LogP contribution in [0.25, 0.3) is 0 Å². The SMILES string of the molecule is COC(=O)C[C@@H]1N[C@H](C[C@H](O)C(=O)OC)[C@H]2OC(C)(C)O[C@H]21. The van der Waals surface area contributed by atoms with Gasteiger partial charge in [0.2, 0.25) is 0 Å². The van der Waals surface area contributed by atoms with E-state index < -0.39 is 17.9 Å². The van der Waals surface area contributed by atoms with Crippen molar-refractivity contribution in [1.29, 1.82) is 0 Å². The van der Waals surface area contributed by atoms with Crippen LogP contribution in [0.5, 0.6) is 0 Å². The quantitative estimate of drug-likeness (QED) is 0.644. The third-order valence-electron chi connectivity index (χ3n) is 3.95. The van der Waals surface area contributed by atoms with Gasteiger partial charge in [0.25, 0.3) is 0 Å². The number of carbonyl (C=O) groups is 2. The fourth-order valence-corrected chi connectivity index (χ4v) is 3.02. The molecule has 0 aliphatic carbocycles. The van der Waals surface area contributed by atoms with Gasteiger partial charge in [0, 0.05) is 18.5 Å². The average Bonchev–Trinajstić information content (AvgIpc) is 2.93. The second-order valence-corrected chi connectivity index (χ2v) is 6.00. The van der Waals surface area contributed by atoms with Crippen LogP contribution in [0.4, 0.5) is 0 Å². The van der Waals surface area contributed by atoms with Gasteiger partial charge in [-0.3, -0.25) is 4.79 Å². The third-order valence-corrected chi connectivity index (χ3v) is 3.95. The highest BCUT2D eigenvalue weighted by molar-refractivity contribution is 5.74. The Bertz CT molecular complexity index is 439. The Morgan fingerprint density at radius 1 is 1.18 bits per heavy atom. The number of aliphatic hydroxyl groups is 1. The molecule has 8 heteroatoms. The highest BCUT2D eigenvalue weighted by Gasteiger charge is 2.54. The van der Waals surface area contributed by atoms with Crippen LogP contribution in [-0.4, -0.2) is 67.4 Å². The maximum Gasteiger partial charge on any atom is 0.334 e. The first-order chi connectivity index (χ1) is 10.3. The van der Waals surface area contributed by atoms with E-state index in [1.165, 1.54) is 14.2 Å². The topological polar surface area (TPSA) is 103 Å². The van der Waals surface area contributed by atoms with Crippen molar-refractivity contribution >= 4 is 11.9 Å². The molecule has 5 atom stereocenters. The summed E-state index contributed by atoms with van der Waals surface area (Å²) in [5.74, 6) is -1.84. The highest BCUT2D eigenvalue weighted by Crippen LogP contribution is 2.37. The van der Waals surface area contributed by atoms with Gasteiger partial charge in [0.1, 0.15) is 12.2 Å². The Morgan fingerprint density at radius 3 is 2.32 bits per heavy atom. The first-order valence-corrected chi connectivity index (χ1v) is 7.22. The molecule has 2 fully saturated rings. The molecule has 2 aliphatic rings. The minimum atomic E-state index is -1.26. The van der Waals surface area contributed by atoms with E-state index in [0.29, 0.717) is 0 Å². The molecule has 0 unspecified atom stereocenters. The number of nitrogens with one attached hydrogen (secondary N) is 1. The van der Waals surface area contributed by atoms with Gasteiger partial charge in [-0.2, -0.15) is 0 Å². The van der Waals surface area contributed by atoms with Crippen LogP contribution in [-0.2, 0) is 28.5 Å². The number of hydrogen-bond acceptors (Lipinski definition) is 8. The van der Waals surface area contributed by atoms with Gasteiger partial charge >= 0.3 is 11.9 Å². The van der Waals surface area contributed by atoms with Crippen LogP contribution in [0.1, 0.15) is 26.7 Å². The maximum atomic E-state index is 11.5. The molecule has 126 valence electrons. The summed E-state index contributed by atoms with van der Waals surface area (Å²) in [6.07, 6.45) is -1.72. The van der Waals surface area contributed by atoms with Gasteiger partial charge in [-0.1, -0.05) is 0 Å². The zero-order valence-electron chi connectivity index (χ0n) is 13.2. The smallest absolute Gasteiger partial charge is 0.334 e. The number of fused-ring (bicyclic) bond motifs is 1.